The Hall–Kier alpha value is -3.97. The number of rotatable bonds is 6. The summed E-state index contributed by atoms with van der Waals surface area (Å²) in [6.45, 7) is 0.0941. The predicted octanol–water partition coefficient (Wildman–Crippen LogP) is 5.70. The van der Waals surface area contributed by atoms with Crippen LogP contribution < -0.4 is 10.1 Å². The third-order valence-electron chi connectivity index (χ3n) is 4.33. The van der Waals surface area contributed by atoms with E-state index in [0.29, 0.717) is 22.4 Å². The van der Waals surface area contributed by atoms with Gasteiger partial charge in [-0.2, -0.15) is 10.5 Å². The van der Waals surface area contributed by atoms with E-state index < -0.39 is 5.91 Å². The van der Waals surface area contributed by atoms with Crippen LogP contribution in [0.3, 0.4) is 0 Å². The van der Waals surface area contributed by atoms with Gasteiger partial charge >= 0.3 is 0 Å². The molecule has 0 unspecified atom stereocenters. The van der Waals surface area contributed by atoms with E-state index in [1.807, 2.05) is 6.07 Å². The van der Waals surface area contributed by atoms with Crippen LogP contribution in [0.5, 0.6) is 11.5 Å². The Morgan fingerprint density at radius 1 is 1.06 bits per heavy atom. The summed E-state index contributed by atoms with van der Waals surface area (Å²) in [6.07, 6.45) is 1.35. The Morgan fingerprint density at radius 2 is 1.72 bits per heavy atom. The molecule has 0 radical (unpaired) electrons. The molecule has 3 aromatic rings. The molecule has 2 N–H and O–H groups in total. The molecule has 0 bridgehead atoms. The summed E-state index contributed by atoms with van der Waals surface area (Å²) >= 11 is 12.6. The predicted molar refractivity (Wildman–Crippen MR) is 122 cm³/mol. The molecule has 0 aliphatic heterocycles. The van der Waals surface area contributed by atoms with Gasteiger partial charge in [-0.25, -0.2) is 0 Å². The van der Waals surface area contributed by atoms with E-state index >= 15 is 0 Å². The third kappa shape index (κ3) is 5.59. The van der Waals surface area contributed by atoms with Gasteiger partial charge in [0.2, 0.25) is 0 Å². The van der Waals surface area contributed by atoms with Gasteiger partial charge in [-0.3, -0.25) is 4.79 Å². The van der Waals surface area contributed by atoms with Crippen molar-refractivity contribution >= 4 is 40.9 Å². The summed E-state index contributed by atoms with van der Waals surface area (Å²) in [4.78, 5) is 12.4. The smallest absolute Gasteiger partial charge is 0.266 e. The molecule has 3 rings (SSSR count). The number of carbonyl (C=O) groups excluding carboxylic acids is 1. The second kappa shape index (κ2) is 10.4. The van der Waals surface area contributed by atoms with Gasteiger partial charge in [0.1, 0.15) is 24.0 Å². The molecule has 0 spiro atoms. The quantitative estimate of drug-likeness (QED) is 0.277. The first-order valence-electron chi connectivity index (χ1n) is 9.23. The fourth-order valence-electron chi connectivity index (χ4n) is 2.76. The highest BCUT2D eigenvalue weighted by atomic mass is 35.5. The number of aromatic hydroxyl groups is 1. The summed E-state index contributed by atoms with van der Waals surface area (Å²) < 4.78 is 5.72. The first-order valence-corrected chi connectivity index (χ1v) is 9.99. The largest absolute Gasteiger partial charge is 0.508 e. The zero-order valence-electron chi connectivity index (χ0n) is 16.5. The molecule has 32 heavy (non-hydrogen) atoms. The van der Waals surface area contributed by atoms with Crippen molar-refractivity contribution in [3.05, 3.63) is 93.0 Å². The first-order chi connectivity index (χ1) is 15.4. The highest BCUT2D eigenvalue weighted by Crippen LogP contribution is 2.35. The number of hydrogen-bond donors (Lipinski definition) is 2. The number of benzene rings is 3. The number of amides is 1. The molecule has 8 heteroatoms. The lowest BCUT2D eigenvalue weighted by molar-refractivity contribution is -0.112. The highest BCUT2D eigenvalue weighted by Gasteiger charge is 2.14. The van der Waals surface area contributed by atoms with E-state index in [1.54, 1.807) is 24.3 Å². The van der Waals surface area contributed by atoms with Crippen molar-refractivity contribution in [1.82, 2.24) is 0 Å². The van der Waals surface area contributed by atoms with Crippen molar-refractivity contribution in [1.29, 1.82) is 10.5 Å². The molecule has 0 atom stereocenters. The minimum absolute atomic E-state index is 0.0572. The van der Waals surface area contributed by atoms with Gasteiger partial charge in [-0.15, -0.1) is 0 Å². The molecule has 0 saturated carbocycles. The Bertz CT molecular complexity index is 1250. The van der Waals surface area contributed by atoms with Crippen LogP contribution in [-0.4, -0.2) is 11.0 Å². The van der Waals surface area contributed by atoms with E-state index in [2.05, 4.69) is 11.4 Å². The zero-order valence-corrected chi connectivity index (χ0v) is 18.0. The molecule has 0 fully saturated rings. The van der Waals surface area contributed by atoms with Crippen LogP contribution in [0.15, 0.2) is 66.2 Å². The number of anilines is 1. The molecule has 0 aliphatic carbocycles. The number of ether oxygens (including phenoxy) is 1. The molecule has 6 nitrogen and oxygen atoms in total. The first kappa shape index (κ1) is 22.7. The summed E-state index contributed by atoms with van der Waals surface area (Å²) in [5, 5.41) is 30.9. The van der Waals surface area contributed by atoms with E-state index in [4.69, 9.17) is 27.9 Å². The van der Waals surface area contributed by atoms with E-state index in [-0.39, 0.29) is 33.7 Å². The zero-order chi connectivity index (χ0) is 23.1. The number of nitrogens with one attached hydrogen (secondary N) is 1. The molecular formula is C24H15Cl2N3O3. The minimum atomic E-state index is -0.626. The van der Waals surface area contributed by atoms with Gasteiger partial charge in [0.15, 0.2) is 5.75 Å². The van der Waals surface area contributed by atoms with Gasteiger partial charge in [-0.1, -0.05) is 41.4 Å². The monoisotopic (exact) mass is 463 g/mol. The Balaban J connectivity index is 1.78. The normalized spacial score (nSPS) is 10.7. The standard InChI is InChI=1S/C24H15Cl2N3O3/c25-21-10-15(9-18(13-28)24(31)29-19-5-7-20(30)8-6-19)11-22(26)23(21)32-14-17-4-2-1-3-16(17)12-27/h1-11,30H,14H2,(H,29,31)/b18-9+. The van der Waals surface area contributed by atoms with Crippen LogP contribution in [0, 0.1) is 22.7 Å². The lowest BCUT2D eigenvalue weighted by Gasteiger charge is -2.12. The van der Waals surface area contributed by atoms with Gasteiger partial charge in [0.25, 0.3) is 5.91 Å². The van der Waals surface area contributed by atoms with E-state index in [1.165, 1.54) is 42.5 Å². The Kier molecular flexibility index (Phi) is 7.36. The Labute approximate surface area is 194 Å². The number of phenolic OH excluding ortho intramolecular Hbond substituents is 1. The number of carbonyl (C=O) groups is 1. The second-order valence-electron chi connectivity index (χ2n) is 6.54. The third-order valence-corrected chi connectivity index (χ3v) is 4.89. The lowest BCUT2D eigenvalue weighted by atomic mass is 10.1. The molecule has 0 aliphatic rings. The van der Waals surface area contributed by atoms with E-state index in [9.17, 15) is 20.4 Å². The number of nitriles is 2. The molecule has 158 valence electrons. The number of hydrogen-bond acceptors (Lipinski definition) is 5. The molecule has 0 saturated heterocycles. The number of nitrogens with zero attached hydrogens (tertiary/aromatic N) is 2. The maximum atomic E-state index is 12.4. The number of phenols is 1. The summed E-state index contributed by atoms with van der Waals surface area (Å²) in [7, 11) is 0. The topological polar surface area (TPSA) is 106 Å². The molecule has 0 aromatic heterocycles. The maximum absolute atomic E-state index is 12.4. The molecule has 0 heterocycles. The molecule has 1 amide bonds. The van der Waals surface area contributed by atoms with Crippen LogP contribution >= 0.6 is 23.2 Å². The summed E-state index contributed by atoms with van der Waals surface area (Å²) in [5.74, 6) is -0.342. The lowest BCUT2D eigenvalue weighted by Crippen LogP contribution is -2.13. The SMILES string of the molecule is N#C/C(=C\c1cc(Cl)c(OCc2ccccc2C#N)c(Cl)c1)C(=O)Nc1ccc(O)cc1. The van der Waals surface area contributed by atoms with Crippen molar-refractivity contribution in [2.75, 3.05) is 5.32 Å². The average Bonchev–Trinajstić information content (AvgIpc) is 2.78. The van der Waals surface area contributed by atoms with Gasteiger partial charge in [-0.05, 0) is 54.1 Å². The van der Waals surface area contributed by atoms with Gasteiger partial charge < -0.3 is 15.2 Å². The highest BCUT2D eigenvalue weighted by molar-refractivity contribution is 6.37. The summed E-state index contributed by atoms with van der Waals surface area (Å²) in [6, 6.07) is 19.8. The van der Waals surface area contributed by atoms with E-state index in [0.717, 1.165) is 0 Å². The van der Waals surface area contributed by atoms with Crippen molar-refractivity contribution in [3.63, 3.8) is 0 Å². The second-order valence-corrected chi connectivity index (χ2v) is 7.36. The van der Waals surface area contributed by atoms with Crippen molar-refractivity contribution in [2.45, 2.75) is 6.61 Å². The van der Waals surface area contributed by atoms with Crippen LogP contribution in [0.4, 0.5) is 5.69 Å². The maximum Gasteiger partial charge on any atom is 0.266 e. The van der Waals surface area contributed by atoms with Crippen LogP contribution in [0.25, 0.3) is 6.08 Å². The van der Waals surface area contributed by atoms with Crippen LogP contribution in [-0.2, 0) is 11.4 Å². The van der Waals surface area contributed by atoms with Gasteiger partial charge in [0.05, 0.1) is 21.7 Å². The van der Waals surface area contributed by atoms with Crippen LogP contribution in [0.1, 0.15) is 16.7 Å². The minimum Gasteiger partial charge on any atom is -0.508 e. The van der Waals surface area contributed by atoms with Gasteiger partial charge in [0, 0.05) is 11.3 Å². The fraction of sp³-hybridized carbons (Fsp3) is 0.0417. The Morgan fingerprint density at radius 3 is 2.34 bits per heavy atom. The van der Waals surface area contributed by atoms with Crippen molar-refractivity contribution < 1.29 is 14.6 Å². The fourth-order valence-corrected chi connectivity index (χ4v) is 3.38. The molecule has 3 aromatic carbocycles. The number of halogens is 2. The molecular weight excluding hydrogens is 449 g/mol. The van der Waals surface area contributed by atoms with Crippen molar-refractivity contribution in [3.8, 4) is 23.6 Å². The van der Waals surface area contributed by atoms with Crippen molar-refractivity contribution in [2.24, 2.45) is 0 Å². The van der Waals surface area contributed by atoms with Crippen LogP contribution in [0.2, 0.25) is 10.0 Å². The average molecular weight is 464 g/mol. The summed E-state index contributed by atoms with van der Waals surface area (Å²) in [5.41, 5.74) is 1.86.